The molecule has 0 bridgehead atoms. The van der Waals surface area contributed by atoms with Gasteiger partial charge in [0.05, 0.1) is 12.3 Å². The number of carbonyl (C=O) groups is 3. The number of nitrogens with zero attached hydrogens (tertiary/aromatic N) is 4. The van der Waals surface area contributed by atoms with Gasteiger partial charge in [0.25, 0.3) is 11.8 Å². The maximum Gasteiger partial charge on any atom is 0.263 e. The molecule has 1 saturated heterocycles. The van der Waals surface area contributed by atoms with E-state index >= 15 is 0 Å². The van der Waals surface area contributed by atoms with Crippen LogP contribution in [-0.2, 0) is 14.4 Å². The zero-order valence-corrected chi connectivity index (χ0v) is 16.6. The van der Waals surface area contributed by atoms with Crippen molar-refractivity contribution in [3.63, 3.8) is 0 Å². The first kappa shape index (κ1) is 19.6. The van der Waals surface area contributed by atoms with E-state index in [9.17, 15) is 14.4 Å². The molecule has 0 spiro atoms. The van der Waals surface area contributed by atoms with E-state index in [1.807, 2.05) is 26.0 Å². The highest BCUT2D eigenvalue weighted by molar-refractivity contribution is 6.25. The minimum Gasteiger partial charge on any atom is -0.494 e. The smallest absolute Gasteiger partial charge is 0.263 e. The minimum absolute atomic E-state index is 0.196. The lowest BCUT2D eigenvalue weighted by Gasteiger charge is -2.20. The zero-order valence-electron chi connectivity index (χ0n) is 16.6. The van der Waals surface area contributed by atoms with Gasteiger partial charge in [0.2, 0.25) is 5.91 Å². The Morgan fingerprint density at radius 2 is 1.77 bits per heavy atom. The van der Waals surface area contributed by atoms with E-state index in [1.165, 1.54) is 5.01 Å². The van der Waals surface area contributed by atoms with Crippen molar-refractivity contribution >= 4 is 29.1 Å². The summed E-state index contributed by atoms with van der Waals surface area (Å²) in [5.74, 6) is -0.537. The lowest BCUT2D eigenvalue weighted by atomic mass is 10.1. The summed E-state index contributed by atoms with van der Waals surface area (Å²) in [6.07, 6.45) is 0. The van der Waals surface area contributed by atoms with E-state index in [4.69, 9.17) is 4.74 Å². The van der Waals surface area contributed by atoms with Crippen molar-refractivity contribution in [1.29, 1.82) is 0 Å². The third-order valence-electron chi connectivity index (χ3n) is 4.90. The number of nitrogens with one attached hydrogen (secondary N) is 1. The molecular weight excluding hydrogens is 386 g/mol. The summed E-state index contributed by atoms with van der Waals surface area (Å²) in [6.45, 7) is 4.17. The molecule has 1 fully saturated rings. The fraction of sp³-hybridized carbons (Fsp3) is 0.286. The van der Waals surface area contributed by atoms with Crippen LogP contribution in [-0.4, -0.2) is 48.0 Å². The first-order chi connectivity index (χ1) is 14.5. The molecular formula is C21H21N5O4. The largest absolute Gasteiger partial charge is 0.494 e. The van der Waals surface area contributed by atoms with Crippen LogP contribution in [0.1, 0.15) is 12.5 Å². The number of benzene rings is 2. The van der Waals surface area contributed by atoms with Gasteiger partial charge in [-0.25, -0.2) is 4.90 Å². The van der Waals surface area contributed by atoms with Gasteiger partial charge < -0.3 is 10.1 Å². The van der Waals surface area contributed by atoms with Gasteiger partial charge in [-0.3, -0.25) is 19.4 Å². The number of hydrogen-bond donors (Lipinski definition) is 1. The molecule has 2 unspecified atom stereocenters. The first-order valence-corrected chi connectivity index (χ1v) is 9.62. The Labute approximate surface area is 173 Å². The summed E-state index contributed by atoms with van der Waals surface area (Å²) in [6, 6.07) is 12.2. The van der Waals surface area contributed by atoms with Crippen molar-refractivity contribution in [3.8, 4) is 5.75 Å². The molecule has 0 aliphatic carbocycles. The van der Waals surface area contributed by atoms with Crippen molar-refractivity contribution in [1.82, 2.24) is 5.01 Å². The monoisotopic (exact) mass is 407 g/mol. The summed E-state index contributed by atoms with van der Waals surface area (Å²) in [5.41, 5.74) is 2.09. The maximum atomic E-state index is 12.9. The van der Waals surface area contributed by atoms with Crippen molar-refractivity contribution in [2.24, 2.45) is 10.3 Å². The molecule has 0 saturated carbocycles. The highest BCUT2D eigenvalue weighted by Gasteiger charge is 2.55. The second-order valence-electron chi connectivity index (χ2n) is 7.05. The molecule has 4 rings (SSSR count). The predicted octanol–water partition coefficient (Wildman–Crippen LogP) is 2.33. The van der Waals surface area contributed by atoms with Crippen LogP contribution in [0.15, 0.2) is 58.9 Å². The van der Waals surface area contributed by atoms with Gasteiger partial charge in [-0.1, -0.05) is 22.9 Å². The standard InChI is InChI=1S/C21H21N5O4/c1-3-30-16-10-6-14(7-11-16)22-17(27)12-25-19-18(23-24-25)20(28)26(21(19)29)15-8-4-13(2)5-9-15/h4-11,18-19H,3,12H2,1-2H3,(H,22,27). The number of rotatable bonds is 6. The molecule has 30 heavy (non-hydrogen) atoms. The molecule has 2 heterocycles. The van der Waals surface area contributed by atoms with Crippen LogP contribution in [0, 0.1) is 6.92 Å². The number of carbonyl (C=O) groups excluding carboxylic acids is 3. The Hall–Kier alpha value is -3.75. The summed E-state index contributed by atoms with van der Waals surface area (Å²) in [7, 11) is 0. The van der Waals surface area contributed by atoms with E-state index in [0.29, 0.717) is 23.7 Å². The second kappa shape index (κ2) is 7.94. The number of anilines is 2. The van der Waals surface area contributed by atoms with Gasteiger partial charge in [-0.2, -0.15) is 5.11 Å². The Balaban J connectivity index is 1.43. The zero-order chi connectivity index (χ0) is 21.3. The number of aryl methyl sites for hydroxylation is 1. The van der Waals surface area contributed by atoms with Gasteiger partial charge in [0, 0.05) is 5.69 Å². The normalized spacial score (nSPS) is 19.9. The van der Waals surface area contributed by atoms with Gasteiger partial charge >= 0.3 is 0 Å². The molecule has 2 aromatic rings. The van der Waals surface area contributed by atoms with Crippen molar-refractivity contribution < 1.29 is 19.1 Å². The molecule has 2 atom stereocenters. The average molecular weight is 407 g/mol. The van der Waals surface area contributed by atoms with E-state index in [0.717, 1.165) is 10.5 Å². The van der Waals surface area contributed by atoms with E-state index in [1.54, 1.807) is 36.4 Å². The highest BCUT2D eigenvalue weighted by Crippen LogP contribution is 2.31. The van der Waals surface area contributed by atoms with Gasteiger partial charge in [0.1, 0.15) is 12.3 Å². The molecule has 0 aromatic heterocycles. The lowest BCUT2D eigenvalue weighted by Crippen LogP contribution is -2.43. The number of ether oxygens (including phenoxy) is 1. The number of fused-ring (bicyclic) bond motifs is 1. The molecule has 2 aromatic carbocycles. The fourth-order valence-electron chi connectivity index (χ4n) is 3.45. The van der Waals surface area contributed by atoms with E-state index in [2.05, 4.69) is 15.7 Å². The number of hydrogen-bond acceptors (Lipinski definition) is 7. The van der Waals surface area contributed by atoms with Crippen LogP contribution in [0.4, 0.5) is 11.4 Å². The molecule has 0 radical (unpaired) electrons. The third kappa shape index (κ3) is 3.61. The fourth-order valence-corrected chi connectivity index (χ4v) is 3.45. The molecule has 2 aliphatic rings. The average Bonchev–Trinajstić information content (AvgIpc) is 3.24. The Bertz CT molecular complexity index is 1000. The predicted molar refractivity (Wildman–Crippen MR) is 109 cm³/mol. The van der Waals surface area contributed by atoms with E-state index < -0.39 is 23.9 Å². The third-order valence-corrected chi connectivity index (χ3v) is 4.90. The lowest BCUT2D eigenvalue weighted by molar-refractivity contribution is -0.123. The SMILES string of the molecule is CCOc1ccc(NC(=O)CN2N=NC3C(=O)N(c4ccc(C)cc4)C(=O)C32)cc1. The van der Waals surface area contributed by atoms with Crippen LogP contribution in [0.25, 0.3) is 0 Å². The molecule has 2 aliphatic heterocycles. The van der Waals surface area contributed by atoms with Gasteiger partial charge in [-0.15, -0.1) is 0 Å². The Morgan fingerprint density at radius 1 is 1.07 bits per heavy atom. The molecule has 9 nitrogen and oxygen atoms in total. The second-order valence-corrected chi connectivity index (χ2v) is 7.05. The Morgan fingerprint density at radius 3 is 2.43 bits per heavy atom. The summed E-state index contributed by atoms with van der Waals surface area (Å²) >= 11 is 0. The quantitative estimate of drug-likeness (QED) is 0.740. The summed E-state index contributed by atoms with van der Waals surface area (Å²) < 4.78 is 5.37. The van der Waals surface area contributed by atoms with Gasteiger partial charge in [0.15, 0.2) is 12.1 Å². The van der Waals surface area contributed by atoms with Crippen LogP contribution < -0.4 is 15.0 Å². The van der Waals surface area contributed by atoms with Crippen LogP contribution >= 0.6 is 0 Å². The molecule has 154 valence electrons. The van der Waals surface area contributed by atoms with Crippen molar-refractivity contribution in [2.45, 2.75) is 25.9 Å². The van der Waals surface area contributed by atoms with Gasteiger partial charge in [-0.05, 0) is 50.2 Å². The summed E-state index contributed by atoms with van der Waals surface area (Å²) in [4.78, 5) is 39.2. The summed E-state index contributed by atoms with van der Waals surface area (Å²) in [5, 5.41) is 11.8. The minimum atomic E-state index is -0.933. The number of imide groups is 1. The molecule has 9 heteroatoms. The Kier molecular flexibility index (Phi) is 5.18. The van der Waals surface area contributed by atoms with Crippen molar-refractivity contribution in [2.75, 3.05) is 23.4 Å². The van der Waals surface area contributed by atoms with E-state index in [-0.39, 0.29) is 12.5 Å². The van der Waals surface area contributed by atoms with Crippen LogP contribution in [0.5, 0.6) is 5.75 Å². The number of amides is 3. The first-order valence-electron chi connectivity index (χ1n) is 9.62. The maximum absolute atomic E-state index is 12.9. The van der Waals surface area contributed by atoms with Crippen LogP contribution in [0.3, 0.4) is 0 Å². The molecule has 1 N–H and O–H groups in total. The topological polar surface area (TPSA) is 104 Å². The van der Waals surface area contributed by atoms with Crippen LogP contribution in [0.2, 0.25) is 0 Å². The van der Waals surface area contributed by atoms with Crippen molar-refractivity contribution in [3.05, 3.63) is 54.1 Å². The molecule has 3 amide bonds. The highest BCUT2D eigenvalue weighted by atomic mass is 16.5.